The first-order valence-corrected chi connectivity index (χ1v) is 7.60. The fourth-order valence-electron chi connectivity index (χ4n) is 2.20. The van der Waals surface area contributed by atoms with Crippen molar-refractivity contribution >= 4 is 33.0 Å². The number of hydrogen-bond acceptors (Lipinski definition) is 6. The summed E-state index contributed by atoms with van der Waals surface area (Å²) >= 11 is 1.15. The zero-order chi connectivity index (χ0) is 15.1. The normalized spacial score (nSPS) is 14.2. The predicted octanol–water partition coefficient (Wildman–Crippen LogP) is 3.12. The van der Waals surface area contributed by atoms with Crippen LogP contribution in [0, 0.1) is 0 Å². The molecule has 3 aromatic rings. The molecule has 1 fully saturated rings. The van der Waals surface area contributed by atoms with E-state index in [1.807, 2.05) is 12.3 Å². The number of aromatic nitrogens is 4. The van der Waals surface area contributed by atoms with Crippen LogP contribution in [0.15, 0.2) is 24.5 Å². The zero-order valence-corrected chi connectivity index (χ0v) is 12.2. The first kappa shape index (κ1) is 13.1. The molecule has 1 aliphatic rings. The number of nitrogens with zero attached hydrogens (tertiary/aromatic N) is 4. The van der Waals surface area contributed by atoms with Gasteiger partial charge in [0.1, 0.15) is 5.69 Å². The van der Waals surface area contributed by atoms with Crippen molar-refractivity contribution in [2.45, 2.75) is 18.8 Å². The van der Waals surface area contributed by atoms with E-state index in [9.17, 15) is 4.79 Å². The molecule has 0 aliphatic heterocycles. The van der Waals surface area contributed by atoms with Gasteiger partial charge in [-0.2, -0.15) is 4.98 Å². The van der Waals surface area contributed by atoms with E-state index in [1.165, 1.54) is 18.4 Å². The largest absolute Gasteiger partial charge is 0.465 e. The summed E-state index contributed by atoms with van der Waals surface area (Å²) < 4.78 is 0. The Morgan fingerprint density at radius 3 is 2.73 bits per heavy atom. The second kappa shape index (κ2) is 4.99. The van der Waals surface area contributed by atoms with E-state index in [-0.39, 0.29) is 5.13 Å². The van der Waals surface area contributed by atoms with Crippen LogP contribution < -0.4 is 5.32 Å². The minimum absolute atomic E-state index is 0.261. The summed E-state index contributed by atoms with van der Waals surface area (Å²) in [6.07, 6.45) is 4.82. The number of carboxylic acid groups (broad SMARTS) is 1. The minimum Gasteiger partial charge on any atom is -0.465 e. The third kappa shape index (κ3) is 2.48. The average Bonchev–Trinajstić information content (AvgIpc) is 3.27. The van der Waals surface area contributed by atoms with Crippen LogP contribution in [0.5, 0.6) is 0 Å². The van der Waals surface area contributed by atoms with Gasteiger partial charge in [0.2, 0.25) is 0 Å². The van der Waals surface area contributed by atoms with E-state index in [0.717, 1.165) is 17.0 Å². The van der Waals surface area contributed by atoms with Crippen molar-refractivity contribution in [1.29, 1.82) is 0 Å². The van der Waals surface area contributed by atoms with E-state index >= 15 is 0 Å². The van der Waals surface area contributed by atoms with Crippen LogP contribution in [-0.2, 0) is 0 Å². The van der Waals surface area contributed by atoms with Crippen molar-refractivity contribution in [2.24, 2.45) is 0 Å². The highest BCUT2D eigenvalue weighted by atomic mass is 32.1. The van der Waals surface area contributed by atoms with Gasteiger partial charge in [-0.05, 0) is 30.4 Å². The molecule has 0 atom stereocenters. The molecule has 8 heteroatoms. The maximum absolute atomic E-state index is 10.6. The number of carbonyl (C=O) groups is 1. The molecule has 3 heterocycles. The lowest BCUT2D eigenvalue weighted by molar-refractivity contribution is 0.210. The van der Waals surface area contributed by atoms with Gasteiger partial charge >= 0.3 is 6.09 Å². The highest BCUT2D eigenvalue weighted by molar-refractivity contribution is 7.21. The van der Waals surface area contributed by atoms with Gasteiger partial charge < -0.3 is 5.11 Å². The second-order valence-corrected chi connectivity index (χ2v) is 6.06. The summed E-state index contributed by atoms with van der Waals surface area (Å²) in [7, 11) is 0. The van der Waals surface area contributed by atoms with Crippen LogP contribution in [0.25, 0.3) is 21.9 Å². The van der Waals surface area contributed by atoms with E-state index < -0.39 is 6.09 Å². The number of nitrogens with one attached hydrogen (secondary N) is 1. The van der Waals surface area contributed by atoms with Gasteiger partial charge in [-0.1, -0.05) is 17.4 Å². The van der Waals surface area contributed by atoms with Gasteiger partial charge in [0.15, 0.2) is 15.6 Å². The first-order valence-electron chi connectivity index (χ1n) is 6.79. The Kier molecular flexibility index (Phi) is 2.97. The van der Waals surface area contributed by atoms with E-state index in [2.05, 4.69) is 31.3 Å². The monoisotopic (exact) mass is 313 g/mol. The fourth-order valence-corrected chi connectivity index (χ4v) is 2.99. The van der Waals surface area contributed by atoms with E-state index in [0.29, 0.717) is 22.1 Å². The van der Waals surface area contributed by atoms with E-state index in [4.69, 9.17) is 5.11 Å². The molecule has 0 spiro atoms. The average molecular weight is 313 g/mol. The fraction of sp³-hybridized carbons (Fsp3) is 0.214. The molecule has 0 unspecified atom stereocenters. The molecular formula is C14H11N5O2S. The molecule has 1 amide bonds. The predicted molar refractivity (Wildman–Crippen MR) is 82.1 cm³/mol. The van der Waals surface area contributed by atoms with Gasteiger partial charge in [0, 0.05) is 6.20 Å². The lowest BCUT2D eigenvalue weighted by atomic mass is 10.1. The summed E-state index contributed by atoms with van der Waals surface area (Å²) in [4.78, 5) is 28.4. The molecule has 110 valence electrons. The van der Waals surface area contributed by atoms with Gasteiger partial charge in [0.05, 0.1) is 11.9 Å². The Morgan fingerprint density at radius 1 is 1.18 bits per heavy atom. The first-order chi connectivity index (χ1) is 10.7. The van der Waals surface area contributed by atoms with Crippen molar-refractivity contribution < 1.29 is 9.90 Å². The summed E-state index contributed by atoms with van der Waals surface area (Å²) in [5, 5.41) is 11.2. The lowest BCUT2D eigenvalue weighted by Gasteiger charge is -2.01. The van der Waals surface area contributed by atoms with Crippen molar-refractivity contribution in [2.75, 3.05) is 5.32 Å². The van der Waals surface area contributed by atoms with Gasteiger partial charge in [0.25, 0.3) is 0 Å². The standard InChI is InChI=1S/C14H11N5O2S/c20-14(21)19-13-18-11-12(22-13)17-10(6-16-11)9-4-3-8(5-15-9)7-1-2-7/h3-7H,1-2H2,(H,20,21)(H,16,18,19). The Morgan fingerprint density at radius 2 is 2.05 bits per heavy atom. The number of fused-ring (bicyclic) bond motifs is 1. The molecular weight excluding hydrogens is 302 g/mol. The smallest absolute Gasteiger partial charge is 0.410 e. The SMILES string of the molecule is O=C(O)Nc1nc2ncc(-c3ccc(C4CC4)cn3)nc2s1. The number of amides is 1. The van der Waals surface area contributed by atoms with Crippen LogP contribution >= 0.6 is 11.3 Å². The molecule has 22 heavy (non-hydrogen) atoms. The van der Waals surface area contributed by atoms with Crippen molar-refractivity contribution in [3.8, 4) is 11.4 Å². The molecule has 7 nitrogen and oxygen atoms in total. The summed E-state index contributed by atoms with van der Waals surface area (Å²) in [5.41, 5.74) is 3.09. The van der Waals surface area contributed by atoms with Crippen molar-refractivity contribution in [3.05, 3.63) is 30.1 Å². The number of anilines is 1. The molecule has 2 N–H and O–H groups in total. The minimum atomic E-state index is -1.16. The Hall–Kier alpha value is -2.61. The summed E-state index contributed by atoms with van der Waals surface area (Å²) in [5.74, 6) is 0.668. The Labute approximate surface area is 129 Å². The lowest BCUT2D eigenvalue weighted by Crippen LogP contribution is -2.06. The number of pyridine rings is 1. The number of rotatable bonds is 3. The van der Waals surface area contributed by atoms with Crippen molar-refractivity contribution in [1.82, 2.24) is 19.9 Å². The quantitative estimate of drug-likeness (QED) is 0.770. The van der Waals surface area contributed by atoms with Gasteiger partial charge in [-0.15, -0.1) is 0 Å². The number of hydrogen-bond donors (Lipinski definition) is 2. The molecule has 4 rings (SSSR count). The molecule has 0 bridgehead atoms. The van der Waals surface area contributed by atoms with E-state index in [1.54, 1.807) is 6.20 Å². The van der Waals surface area contributed by atoms with Crippen LogP contribution in [0.1, 0.15) is 24.3 Å². The third-order valence-electron chi connectivity index (χ3n) is 3.43. The van der Waals surface area contributed by atoms with Crippen molar-refractivity contribution in [3.63, 3.8) is 0 Å². The number of thiazole rings is 1. The van der Waals surface area contributed by atoms with Gasteiger partial charge in [-0.3, -0.25) is 10.3 Å². The molecule has 0 aromatic carbocycles. The molecule has 0 saturated heterocycles. The maximum atomic E-state index is 10.6. The Bertz CT molecular complexity index is 857. The van der Waals surface area contributed by atoms with Crippen LogP contribution in [0.3, 0.4) is 0 Å². The summed E-state index contributed by atoms with van der Waals surface area (Å²) in [6.45, 7) is 0. The van der Waals surface area contributed by atoms with Crippen LogP contribution in [-0.4, -0.2) is 31.1 Å². The second-order valence-electron chi connectivity index (χ2n) is 5.08. The maximum Gasteiger partial charge on any atom is 0.410 e. The highest BCUT2D eigenvalue weighted by Crippen LogP contribution is 2.39. The molecule has 1 saturated carbocycles. The highest BCUT2D eigenvalue weighted by Gasteiger charge is 2.23. The molecule has 1 aliphatic carbocycles. The molecule has 0 radical (unpaired) electrons. The zero-order valence-electron chi connectivity index (χ0n) is 11.4. The topological polar surface area (TPSA) is 101 Å². The summed E-state index contributed by atoms with van der Waals surface area (Å²) in [6, 6.07) is 4.02. The van der Waals surface area contributed by atoms with Crippen LogP contribution in [0.2, 0.25) is 0 Å². The molecule has 3 aromatic heterocycles. The van der Waals surface area contributed by atoms with Crippen LogP contribution in [0.4, 0.5) is 9.93 Å². The van der Waals surface area contributed by atoms with Gasteiger partial charge in [-0.25, -0.2) is 14.8 Å². The Balaban J connectivity index is 1.67. The third-order valence-corrected chi connectivity index (χ3v) is 4.29.